The predicted octanol–water partition coefficient (Wildman–Crippen LogP) is 4.51. The van der Waals surface area contributed by atoms with Crippen LogP contribution in [-0.4, -0.2) is 0 Å². The lowest BCUT2D eigenvalue weighted by molar-refractivity contribution is 0.588. The van der Waals surface area contributed by atoms with E-state index in [9.17, 15) is 0 Å². The first kappa shape index (κ1) is 21.2. The van der Waals surface area contributed by atoms with E-state index in [0.29, 0.717) is 0 Å². The average molecular weight is 456 g/mol. The van der Waals surface area contributed by atoms with Crippen molar-refractivity contribution in [3.05, 3.63) is 107 Å². The maximum Gasteiger partial charge on any atom is 0.172 e. The van der Waals surface area contributed by atoms with Gasteiger partial charge in [0, 0.05) is 31.8 Å². The van der Waals surface area contributed by atoms with Gasteiger partial charge in [-0.25, -0.2) is 0 Å². The van der Waals surface area contributed by atoms with Crippen LogP contribution in [0.15, 0.2) is 84.9 Å². The fourth-order valence-corrected chi connectivity index (χ4v) is 12.2. The Hall–Kier alpha value is -2.66. The van der Waals surface area contributed by atoms with Crippen molar-refractivity contribution in [1.82, 2.24) is 0 Å². The third kappa shape index (κ3) is 2.87. The Morgan fingerprint density at radius 3 is 0.938 bits per heavy atom. The minimum Gasteiger partial charge on any atom is -0.309 e. The lowest BCUT2D eigenvalue weighted by atomic mass is 10.1. The molecule has 1 heterocycles. The Morgan fingerprint density at radius 2 is 0.688 bits per heavy atom. The molecular weight excluding hydrogens is 430 g/mol. The molecule has 0 spiro atoms. The van der Waals surface area contributed by atoms with Crippen molar-refractivity contribution < 1.29 is 9.13 Å². The third-order valence-corrected chi connectivity index (χ3v) is 13.4. The van der Waals surface area contributed by atoms with Crippen LogP contribution in [0.2, 0.25) is 0 Å². The summed E-state index contributed by atoms with van der Waals surface area (Å²) in [5, 5.41) is 4.44. The van der Waals surface area contributed by atoms with E-state index in [4.69, 9.17) is 0 Å². The fourth-order valence-electron chi connectivity index (χ4n) is 4.67. The van der Waals surface area contributed by atoms with Crippen LogP contribution in [0.5, 0.6) is 0 Å². The normalized spacial score (nSPS) is 21.6. The second kappa shape index (κ2) is 7.45. The smallest absolute Gasteiger partial charge is 0.172 e. The summed E-state index contributed by atoms with van der Waals surface area (Å²) in [4.78, 5) is 0. The Bertz CT molecular complexity index is 1280. The van der Waals surface area contributed by atoms with Gasteiger partial charge in [0.05, 0.1) is 0 Å². The van der Waals surface area contributed by atoms with E-state index in [1.807, 2.05) is 113 Å². The third-order valence-electron chi connectivity index (χ3n) is 6.78. The molecule has 0 saturated heterocycles. The van der Waals surface area contributed by atoms with Crippen LogP contribution in [0.4, 0.5) is 0 Å². The van der Waals surface area contributed by atoms with Gasteiger partial charge in [-0.05, 0) is 74.2 Å². The highest BCUT2D eigenvalue weighted by molar-refractivity contribution is 7.95. The summed E-state index contributed by atoms with van der Waals surface area (Å²) in [5.41, 5.74) is 4.25. The maximum absolute atomic E-state index is 15.2. The van der Waals surface area contributed by atoms with Crippen molar-refractivity contribution in [1.29, 1.82) is 0 Å². The van der Waals surface area contributed by atoms with Crippen LogP contribution in [0, 0.1) is 27.7 Å². The Labute approximate surface area is 190 Å². The molecule has 0 atom stereocenters. The number of hydrogen-bond acceptors (Lipinski definition) is 2. The van der Waals surface area contributed by atoms with Crippen molar-refractivity contribution in [3.8, 4) is 0 Å². The molecule has 0 radical (unpaired) electrons. The zero-order chi connectivity index (χ0) is 22.7. The summed E-state index contributed by atoms with van der Waals surface area (Å²) in [6.45, 7) is 8.14. The summed E-state index contributed by atoms with van der Waals surface area (Å²) in [7, 11) is -6.42. The molecule has 0 N–H and O–H groups in total. The second-order valence-corrected chi connectivity index (χ2v) is 14.1. The molecule has 160 valence electrons. The Morgan fingerprint density at radius 1 is 0.438 bits per heavy atom. The van der Waals surface area contributed by atoms with Gasteiger partial charge < -0.3 is 9.13 Å². The predicted molar refractivity (Wildman–Crippen MR) is 138 cm³/mol. The summed E-state index contributed by atoms with van der Waals surface area (Å²) in [5.74, 6) is 0. The van der Waals surface area contributed by atoms with Gasteiger partial charge >= 0.3 is 0 Å². The molecule has 2 nitrogen and oxygen atoms in total. The van der Waals surface area contributed by atoms with E-state index >= 15 is 9.13 Å². The molecule has 4 aromatic rings. The summed E-state index contributed by atoms with van der Waals surface area (Å²) < 4.78 is 30.4. The Kier molecular flexibility index (Phi) is 4.93. The van der Waals surface area contributed by atoms with Gasteiger partial charge in [-0.15, -0.1) is 0 Å². The van der Waals surface area contributed by atoms with Crippen LogP contribution in [-0.2, 0) is 9.13 Å². The SMILES string of the molecule is Cc1cc2c(cc1C)P(=O)(c1ccccc1)c1cc(C)c(C)cc1P2(=O)c1ccccc1. The monoisotopic (exact) mass is 456 g/mol. The largest absolute Gasteiger partial charge is 0.309 e. The molecule has 1 aliphatic rings. The van der Waals surface area contributed by atoms with E-state index < -0.39 is 14.3 Å². The van der Waals surface area contributed by atoms with Crippen molar-refractivity contribution in [2.75, 3.05) is 0 Å². The lowest BCUT2D eigenvalue weighted by Crippen LogP contribution is -2.49. The van der Waals surface area contributed by atoms with Gasteiger partial charge in [-0.1, -0.05) is 60.7 Å². The molecule has 5 rings (SSSR count). The van der Waals surface area contributed by atoms with E-state index in [0.717, 1.165) is 54.1 Å². The van der Waals surface area contributed by atoms with Crippen LogP contribution in [0.1, 0.15) is 22.3 Å². The number of aryl methyl sites for hydroxylation is 4. The zero-order valence-corrected chi connectivity index (χ0v) is 20.6. The average Bonchev–Trinajstić information content (AvgIpc) is 2.81. The highest BCUT2D eigenvalue weighted by Gasteiger charge is 2.48. The minimum absolute atomic E-state index is 0.717. The van der Waals surface area contributed by atoms with E-state index in [2.05, 4.69) is 0 Å². The van der Waals surface area contributed by atoms with E-state index in [1.165, 1.54) is 0 Å². The highest BCUT2D eigenvalue weighted by atomic mass is 31.2. The van der Waals surface area contributed by atoms with Gasteiger partial charge in [0.1, 0.15) is 0 Å². The molecule has 0 aliphatic carbocycles. The van der Waals surface area contributed by atoms with Crippen molar-refractivity contribution >= 4 is 46.1 Å². The maximum atomic E-state index is 15.2. The van der Waals surface area contributed by atoms with Gasteiger partial charge in [-0.2, -0.15) is 0 Å². The molecule has 0 unspecified atom stereocenters. The topological polar surface area (TPSA) is 34.1 Å². The Balaban J connectivity index is 2.02. The molecule has 0 aromatic heterocycles. The molecule has 4 heteroatoms. The molecule has 0 amide bonds. The van der Waals surface area contributed by atoms with Gasteiger partial charge in [-0.3, -0.25) is 0 Å². The van der Waals surface area contributed by atoms with Crippen LogP contribution >= 0.6 is 14.3 Å². The summed E-state index contributed by atoms with van der Waals surface area (Å²) >= 11 is 0. The van der Waals surface area contributed by atoms with E-state index in [-0.39, 0.29) is 0 Å². The zero-order valence-electron chi connectivity index (χ0n) is 18.8. The van der Waals surface area contributed by atoms with Crippen LogP contribution < -0.4 is 31.8 Å². The first-order chi connectivity index (χ1) is 15.3. The van der Waals surface area contributed by atoms with Crippen LogP contribution in [0.25, 0.3) is 0 Å². The fraction of sp³-hybridized carbons (Fsp3) is 0.143. The lowest BCUT2D eigenvalue weighted by Gasteiger charge is -2.36. The van der Waals surface area contributed by atoms with E-state index in [1.54, 1.807) is 0 Å². The van der Waals surface area contributed by atoms with Gasteiger partial charge in [0.25, 0.3) is 0 Å². The molecule has 32 heavy (non-hydrogen) atoms. The second-order valence-electron chi connectivity index (χ2n) is 8.74. The molecule has 0 fully saturated rings. The number of fused-ring (bicyclic) bond motifs is 2. The first-order valence-electron chi connectivity index (χ1n) is 10.8. The van der Waals surface area contributed by atoms with Crippen molar-refractivity contribution in [2.45, 2.75) is 27.7 Å². The quantitative estimate of drug-likeness (QED) is 0.366. The highest BCUT2D eigenvalue weighted by Crippen LogP contribution is 2.54. The van der Waals surface area contributed by atoms with Gasteiger partial charge in [0.15, 0.2) is 14.3 Å². The van der Waals surface area contributed by atoms with Crippen LogP contribution in [0.3, 0.4) is 0 Å². The standard InChI is InChI=1S/C28H26O2P2/c1-19-15-25-26(16-20(19)2)32(30,24-13-9-6-10-14-24)28-18-22(4)21(3)17-27(28)31(25,29)23-11-7-5-8-12-23/h5-18H,1-4H3. The van der Waals surface area contributed by atoms with Crippen molar-refractivity contribution in [3.63, 3.8) is 0 Å². The molecule has 0 bridgehead atoms. The number of hydrogen-bond donors (Lipinski definition) is 0. The number of rotatable bonds is 2. The molecule has 0 saturated carbocycles. The molecule has 4 aromatic carbocycles. The summed E-state index contributed by atoms with van der Waals surface area (Å²) in [6.07, 6.45) is 0. The summed E-state index contributed by atoms with van der Waals surface area (Å²) in [6, 6.07) is 27.5. The molecule has 1 aliphatic heterocycles. The number of benzene rings is 4. The first-order valence-corrected chi connectivity index (χ1v) is 14.3. The minimum atomic E-state index is -3.21. The van der Waals surface area contributed by atoms with Gasteiger partial charge in [0.2, 0.25) is 0 Å². The van der Waals surface area contributed by atoms with Crippen molar-refractivity contribution in [2.24, 2.45) is 0 Å². The molecular formula is C28H26O2P2.